The summed E-state index contributed by atoms with van der Waals surface area (Å²) >= 11 is 0. The molecule has 48 valence electrons. The topological polar surface area (TPSA) is 66.4 Å². The summed E-state index contributed by atoms with van der Waals surface area (Å²) in [5.74, 6) is -3.30. The number of aliphatic hydroxyl groups is 1. The van der Waals surface area contributed by atoms with Crippen LogP contribution in [0.25, 0.3) is 0 Å². The normalized spacial score (nSPS) is 60.3. The van der Waals surface area contributed by atoms with Crippen LogP contribution in [-0.4, -0.2) is 24.4 Å². The third kappa shape index (κ3) is 0.279. The predicted octanol–water partition coefficient (Wildman–Crippen LogP) is -1.69. The van der Waals surface area contributed by atoms with Crippen molar-refractivity contribution in [3.05, 3.63) is 0 Å². The molecule has 0 saturated carbocycles. The molecule has 1 atom stereocenters. The maximum Gasteiger partial charge on any atom is 0.651 e. The second-order valence-electron chi connectivity index (χ2n) is 1.95. The fourth-order valence-corrected chi connectivity index (χ4v) is 0.902. The zero-order chi connectivity index (χ0) is 6.11. The Kier molecular flexibility index (Phi) is 0.475. The minimum Gasteiger partial charge on any atom is -0.336 e. The molecule has 6 nitrogen and oxygen atoms in total. The van der Waals surface area contributed by atoms with Gasteiger partial charge in [-0.15, -0.1) is 0 Å². The molecule has 0 aliphatic carbocycles. The van der Waals surface area contributed by atoms with Gasteiger partial charge in [0.1, 0.15) is 0 Å². The van der Waals surface area contributed by atoms with Crippen LogP contribution in [0.3, 0.4) is 0 Å². The summed E-state index contributed by atoms with van der Waals surface area (Å²) in [6.07, 6.45) is 0. The summed E-state index contributed by atoms with van der Waals surface area (Å²) in [4.78, 5) is 8.46. The van der Waals surface area contributed by atoms with Gasteiger partial charge in [0.25, 0.3) is 0 Å². The molecule has 4 rings (SSSR count). The summed E-state index contributed by atoms with van der Waals surface area (Å²) in [6.45, 7) is 0. The summed E-state index contributed by atoms with van der Waals surface area (Å²) in [5.41, 5.74) is 0. The highest BCUT2D eigenvalue weighted by Crippen LogP contribution is 2.55. The number of hydrogen-bond acceptors (Lipinski definition) is 6. The van der Waals surface area contributed by atoms with Crippen LogP contribution >= 0.6 is 0 Å². The van der Waals surface area contributed by atoms with Gasteiger partial charge < -0.3 is 19.1 Å². The SMILES string of the molecule is OC12OOC13OB(O2)O3. The van der Waals surface area contributed by atoms with Crippen molar-refractivity contribution in [3.8, 4) is 0 Å². The maximum absolute atomic E-state index is 9.03. The first kappa shape index (κ1) is 4.61. The van der Waals surface area contributed by atoms with E-state index in [1.54, 1.807) is 0 Å². The van der Waals surface area contributed by atoms with Gasteiger partial charge in [-0.25, -0.2) is 0 Å². The van der Waals surface area contributed by atoms with Crippen LogP contribution in [0.5, 0.6) is 0 Å². The van der Waals surface area contributed by atoms with Crippen molar-refractivity contribution in [2.75, 3.05) is 0 Å². The molecule has 4 aliphatic heterocycles. The fraction of sp³-hybridized carbons (Fsp3) is 1.00. The van der Waals surface area contributed by atoms with Gasteiger partial charge in [-0.3, -0.25) is 0 Å². The molecule has 0 radical (unpaired) electrons. The minimum absolute atomic E-state index is 0.836. The molecule has 0 aromatic carbocycles. The molecule has 4 fully saturated rings. The van der Waals surface area contributed by atoms with Crippen LogP contribution in [-0.2, 0) is 23.7 Å². The molecule has 1 unspecified atom stereocenters. The van der Waals surface area contributed by atoms with Crippen molar-refractivity contribution in [3.63, 3.8) is 0 Å². The van der Waals surface area contributed by atoms with Crippen molar-refractivity contribution in [1.82, 2.24) is 0 Å². The standard InChI is InChI=1S/C2HBO6/c4-1-2(9-8-1)6-3(5-1)7-2/h4H. The second kappa shape index (κ2) is 0.927. The van der Waals surface area contributed by atoms with E-state index in [0.717, 1.165) is 0 Å². The number of rotatable bonds is 0. The molecule has 7 heteroatoms. The molecule has 4 saturated heterocycles. The first-order chi connectivity index (χ1) is 4.24. The predicted molar refractivity (Wildman–Crippen MR) is 18.9 cm³/mol. The van der Waals surface area contributed by atoms with Gasteiger partial charge in [0.15, 0.2) is 0 Å². The van der Waals surface area contributed by atoms with E-state index < -0.39 is 19.3 Å². The first-order valence-corrected chi connectivity index (χ1v) is 2.37. The molecule has 4 heterocycles. The first-order valence-electron chi connectivity index (χ1n) is 2.37. The fourth-order valence-electron chi connectivity index (χ4n) is 0.902. The highest BCUT2D eigenvalue weighted by Gasteiger charge is 2.86. The Bertz CT molecular complexity index is 172. The van der Waals surface area contributed by atoms with Crippen molar-refractivity contribution in [2.24, 2.45) is 0 Å². The smallest absolute Gasteiger partial charge is 0.336 e. The second-order valence-corrected chi connectivity index (χ2v) is 1.95. The maximum atomic E-state index is 9.03. The summed E-state index contributed by atoms with van der Waals surface area (Å²) in [6, 6.07) is 0. The van der Waals surface area contributed by atoms with E-state index in [4.69, 9.17) is 14.4 Å². The van der Waals surface area contributed by atoms with E-state index in [1.165, 1.54) is 0 Å². The van der Waals surface area contributed by atoms with E-state index in [-0.39, 0.29) is 0 Å². The highest BCUT2D eigenvalue weighted by atomic mass is 17.4. The molecule has 1 N–H and O–H groups in total. The van der Waals surface area contributed by atoms with E-state index in [1.807, 2.05) is 0 Å². The van der Waals surface area contributed by atoms with E-state index >= 15 is 0 Å². The summed E-state index contributed by atoms with van der Waals surface area (Å²) in [5, 5.41) is 9.03. The van der Waals surface area contributed by atoms with Gasteiger partial charge in [-0.2, -0.15) is 9.78 Å². The lowest BCUT2D eigenvalue weighted by molar-refractivity contribution is -0.712. The Hall–Kier alpha value is -0.175. The van der Waals surface area contributed by atoms with Gasteiger partial charge in [0.05, 0.1) is 0 Å². The van der Waals surface area contributed by atoms with Gasteiger partial charge in [-0.1, -0.05) is 0 Å². The average molecular weight is 132 g/mol. The molecular formula is C2HBO6. The Morgan fingerprint density at radius 1 is 1.11 bits per heavy atom. The molecule has 0 amide bonds. The number of hydrogen-bond donors (Lipinski definition) is 1. The van der Waals surface area contributed by atoms with Crippen molar-refractivity contribution < 1.29 is 28.8 Å². The Balaban J connectivity index is 2.08. The molecule has 1 spiro atoms. The Morgan fingerprint density at radius 3 is 2.11 bits per heavy atom. The lowest BCUT2D eigenvalue weighted by atomic mass is 10.2. The van der Waals surface area contributed by atoms with Crippen molar-refractivity contribution >= 4 is 7.32 Å². The van der Waals surface area contributed by atoms with Crippen molar-refractivity contribution in [2.45, 2.75) is 11.9 Å². The molecule has 0 aromatic rings. The van der Waals surface area contributed by atoms with Crippen LogP contribution < -0.4 is 0 Å². The largest absolute Gasteiger partial charge is 0.651 e. The summed E-state index contributed by atoms with van der Waals surface area (Å²) < 4.78 is 14.0. The van der Waals surface area contributed by atoms with Crippen LogP contribution in [0.4, 0.5) is 0 Å². The lowest BCUT2D eigenvalue weighted by Crippen LogP contribution is -2.68. The molecule has 4 aliphatic rings. The molecule has 2 bridgehead atoms. The van der Waals surface area contributed by atoms with Crippen LogP contribution in [0.15, 0.2) is 0 Å². The van der Waals surface area contributed by atoms with Crippen molar-refractivity contribution in [1.29, 1.82) is 0 Å². The summed E-state index contributed by atoms with van der Waals surface area (Å²) in [7, 11) is -0.836. The Labute approximate surface area is 49.3 Å². The van der Waals surface area contributed by atoms with E-state index in [0.29, 0.717) is 0 Å². The van der Waals surface area contributed by atoms with E-state index in [2.05, 4.69) is 14.4 Å². The van der Waals surface area contributed by atoms with Gasteiger partial charge in [-0.05, 0) is 0 Å². The lowest BCUT2D eigenvalue weighted by Gasteiger charge is -2.44. The van der Waals surface area contributed by atoms with Crippen LogP contribution in [0, 0.1) is 0 Å². The highest BCUT2D eigenvalue weighted by molar-refractivity contribution is 6.40. The van der Waals surface area contributed by atoms with Gasteiger partial charge in [0.2, 0.25) is 0 Å². The van der Waals surface area contributed by atoms with Gasteiger partial charge in [0, 0.05) is 0 Å². The molecule has 0 aromatic heterocycles. The van der Waals surface area contributed by atoms with Gasteiger partial charge >= 0.3 is 19.3 Å². The Morgan fingerprint density at radius 2 is 1.89 bits per heavy atom. The van der Waals surface area contributed by atoms with Crippen LogP contribution in [0.2, 0.25) is 0 Å². The zero-order valence-electron chi connectivity index (χ0n) is 4.07. The van der Waals surface area contributed by atoms with E-state index in [9.17, 15) is 0 Å². The molecule has 9 heavy (non-hydrogen) atoms. The minimum atomic E-state index is -1.82. The van der Waals surface area contributed by atoms with Crippen LogP contribution in [0.1, 0.15) is 0 Å². The zero-order valence-corrected chi connectivity index (χ0v) is 4.07. The molecular weight excluding hydrogens is 131 g/mol. The quantitative estimate of drug-likeness (QED) is 0.313. The third-order valence-corrected chi connectivity index (χ3v) is 1.41. The monoisotopic (exact) mass is 132 g/mol. The third-order valence-electron chi connectivity index (χ3n) is 1.41. The average Bonchev–Trinajstić information content (AvgIpc) is 1.93.